The normalized spacial score (nSPS) is 12.8. The van der Waals surface area contributed by atoms with Crippen LogP contribution in [0.5, 0.6) is 0 Å². The van der Waals surface area contributed by atoms with Gasteiger partial charge in [0.05, 0.1) is 11.4 Å². The first-order valence-corrected chi connectivity index (χ1v) is 5.58. The van der Waals surface area contributed by atoms with Gasteiger partial charge in [0.2, 0.25) is 0 Å². The van der Waals surface area contributed by atoms with Crippen molar-refractivity contribution in [1.82, 2.24) is 10.3 Å². The summed E-state index contributed by atoms with van der Waals surface area (Å²) in [5.74, 6) is 0.382. The fraction of sp³-hybridized carbons (Fsp3) is 0.455. The predicted molar refractivity (Wildman–Crippen MR) is 65.6 cm³/mol. The molecule has 2 aromatic rings. The largest absolute Gasteiger partial charge is 0.397 e. The number of nitrogen functional groups attached to an aromatic ring is 1. The smallest absolute Gasteiger partial charge is 0.160 e. The Balaban J connectivity index is 2.13. The average molecular weight is 236 g/mol. The molecule has 2 rings (SSSR count). The van der Waals surface area contributed by atoms with E-state index in [2.05, 4.69) is 27.2 Å². The number of anilines is 2. The Kier molecular flexibility index (Phi) is 3.43. The molecule has 4 N–H and O–H groups in total. The summed E-state index contributed by atoms with van der Waals surface area (Å²) in [5.41, 5.74) is 8.36. The van der Waals surface area contributed by atoms with E-state index >= 15 is 0 Å². The van der Waals surface area contributed by atoms with Crippen LogP contribution in [0.2, 0.25) is 0 Å². The Labute approximate surface area is 98.8 Å². The number of aromatic nitrogens is 2. The number of hydrogen-bond acceptors (Lipinski definition) is 6. The Morgan fingerprint density at radius 1 is 1.41 bits per heavy atom. The van der Waals surface area contributed by atoms with Gasteiger partial charge in [0.15, 0.2) is 11.0 Å². The number of nitrogens with zero attached hydrogens (tertiary/aromatic N) is 2. The molecule has 6 heteroatoms. The second-order valence-corrected chi connectivity index (χ2v) is 4.16. The third-order valence-corrected chi connectivity index (χ3v) is 2.71. The van der Waals surface area contributed by atoms with Crippen LogP contribution in [-0.4, -0.2) is 28.6 Å². The molecular weight excluding hydrogens is 220 g/mol. The van der Waals surface area contributed by atoms with E-state index in [4.69, 9.17) is 10.8 Å². The molecule has 0 saturated carbocycles. The van der Waals surface area contributed by atoms with E-state index in [9.17, 15) is 0 Å². The van der Waals surface area contributed by atoms with Crippen molar-refractivity contribution >= 4 is 22.4 Å². The molecule has 92 valence electrons. The zero-order chi connectivity index (χ0) is 12.3. The molecule has 0 bridgehead atoms. The van der Waals surface area contributed by atoms with E-state index in [1.807, 2.05) is 6.07 Å². The van der Waals surface area contributed by atoms with E-state index < -0.39 is 0 Å². The van der Waals surface area contributed by atoms with Gasteiger partial charge in [-0.3, -0.25) is 0 Å². The van der Waals surface area contributed by atoms with Gasteiger partial charge in [-0.2, -0.15) is 0 Å². The molecule has 1 atom stereocenters. The number of aliphatic hydroxyl groups excluding tert-OH is 1. The van der Waals surface area contributed by atoms with Crippen molar-refractivity contribution in [2.75, 3.05) is 24.2 Å². The number of benzene rings is 1. The van der Waals surface area contributed by atoms with E-state index in [1.54, 1.807) is 6.07 Å². The van der Waals surface area contributed by atoms with Gasteiger partial charge in [-0.25, -0.2) is 4.63 Å². The maximum absolute atomic E-state index is 8.83. The first kappa shape index (κ1) is 11.7. The molecule has 0 aliphatic rings. The van der Waals surface area contributed by atoms with Gasteiger partial charge in [0.1, 0.15) is 0 Å². The fourth-order valence-electron chi connectivity index (χ4n) is 1.63. The predicted octanol–water partition coefficient (Wildman–Crippen LogP) is 1.24. The lowest BCUT2D eigenvalue weighted by molar-refractivity contribution is 0.266. The van der Waals surface area contributed by atoms with Crippen LogP contribution in [0, 0.1) is 5.92 Å². The maximum atomic E-state index is 8.83. The van der Waals surface area contributed by atoms with Crippen LogP contribution in [-0.2, 0) is 0 Å². The van der Waals surface area contributed by atoms with Gasteiger partial charge in [0.25, 0.3) is 0 Å². The monoisotopic (exact) mass is 236 g/mol. The number of aliphatic hydroxyl groups is 1. The maximum Gasteiger partial charge on any atom is 0.160 e. The molecule has 1 aromatic carbocycles. The molecule has 17 heavy (non-hydrogen) atoms. The lowest BCUT2D eigenvalue weighted by Gasteiger charge is -2.12. The highest BCUT2D eigenvalue weighted by Gasteiger charge is 2.10. The summed E-state index contributed by atoms with van der Waals surface area (Å²) in [7, 11) is 0. The molecule has 0 amide bonds. The Morgan fingerprint density at radius 3 is 2.94 bits per heavy atom. The second-order valence-electron chi connectivity index (χ2n) is 4.16. The average Bonchev–Trinajstić information content (AvgIpc) is 2.78. The molecule has 0 radical (unpaired) electrons. The summed E-state index contributed by atoms with van der Waals surface area (Å²) in [6, 6.07) is 3.62. The minimum absolute atomic E-state index is 0.200. The van der Waals surface area contributed by atoms with Crippen LogP contribution in [0.4, 0.5) is 11.4 Å². The lowest BCUT2D eigenvalue weighted by Crippen LogP contribution is -2.12. The summed E-state index contributed by atoms with van der Waals surface area (Å²) in [6.45, 7) is 3.02. The molecule has 0 aliphatic heterocycles. The molecule has 0 aliphatic carbocycles. The topological polar surface area (TPSA) is 97.2 Å². The van der Waals surface area contributed by atoms with Gasteiger partial charge in [-0.15, -0.1) is 0 Å². The Hall–Kier alpha value is -1.82. The SMILES string of the molecule is CC(CCO)CNc1ccc(N)c2nonc12. The molecule has 1 aromatic heterocycles. The van der Waals surface area contributed by atoms with E-state index in [-0.39, 0.29) is 6.61 Å². The highest BCUT2D eigenvalue weighted by Crippen LogP contribution is 2.25. The van der Waals surface area contributed by atoms with Crippen molar-refractivity contribution in [3.8, 4) is 0 Å². The van der Waals surface area contributed by atoms with Crippen LogP contribution in [0.15, 0.2) is 16.8 Å². The standard InChI is InChI=1S/C11H16N4O2/c1-7(4-5-16)6-13-9-3-2-8(12)10-11(9)15-17-14-10/h2-3,7,13,16H,4-6,12H2,1H3. The number of hydrogen-bond donors (Lipinski definition) is 3. The quantitative estimate of drug-likeness (QED) is 0.676. The van der Waals surface area contributed by atoms with E-state index in [0.717, 1.165) is 18.7 Å². The van der Waals surface area contributed by atoms with E-state index in [1.165, 1.54) is 0 Å². The molecule has 6 nitrogen and oxygen atoms in total. The molecule has 1 heterocycles. The van der Waals surface area contributed by atoms with Gasteiger partial charge < -0.3 is 16.2 Å². The fourth-order valence-corrected chi connectivity index (χ4v) is 1.63. The third-order valence-electron chi connectivity index (χ3n) is 2.71. The summed E-state index contributed by atoms with van der Waals surface area (Å²) >= 11 is 0. The Morgan fingerprint density at radius 2 is 2.18 bits per heavy atom. The van der Waals surface area contributed by atoms with Crippen LogP contribution < -0.4 is 11.1 Å². The zero-order valence-electron chi connectivity index (χ0n) is 9.68. The highest BCUT2D eigenvalue weighted by molar-refractivity contribution is 5.94. The van der Waals surface area contributed by atoms with Crippen LogP contribution in [0.25, 0.3) is 11.0 Å². The molecule has 0 saturated heterocycles. The summed E-state index contributed by atoms with van der Waals surface area (Å²) in [6.07, 6.45) is 0.766. The molecule has 0 spiro atoms. The van der Waals surface area contributed by atoms with Gasteiger partial charge in [0, 0.05) is 13.2 Å². The Bertz CT molecular complexity index is 497. The van der Waals surface area contributed by atoms with Crippen molar-refractivity contribution in [3.63, 3.8) is 0 Å². The van der Waals surface area contributed by atoms with Crippen LogP contribution >= 0.6 is 0 Å². The molecule has 1 unspecified atom stereocenters. The lowest BCUT2D eigenvalue weighted by atomic mass is 10.1. The first-order valence-electron chi connectivity index (χ1n) is 5.58. The first-order chi connectivity index (χ1) is 8.22. The second kappa shape index (κ2) is 5.01. The van der Waals surface area contributed by atoms with Crippen molar-refractivity contribution in [2.24, 2.45) is 5.92 Å². The summed E-state index contributed by atoms with van der Waals surface area (Å²) in [4.78, 5) is 0. The van der Waals surface area contributed by atoms with Crippen LogP contribution in [0.1, 0.15) is 13.3 Å². The van der Waals surface area contributed by atoms with Gasteiger partial charge >= 0.3 is 0 Å². The number of nitrogens with one attached hydrogen (secondary N) is 1. The van der Waals surface area contributed by atoms with Crippen molar-refractivity contribution < 1.29 is 9.74 Å². The summed E-state index contributed by atoms with van der Waals surface area (Å²) < 4.78 is 4.68. The zero-order valence-corrected chi connectivity index (χ0v) is 9.68. The minimum Gasteiger partial charge on any atom is -0.397 e. The van der Waals surface area contributed by atoms with E-state index in [0.29, 0.717) is 22.6 Å². The number of fused-ring (bicyclic) bond motifs is 1. The van der Waals surface area contributed by atoms with Gasteiger partial charge in [-0.1, -0.05) is 6.92 Å². The number of nitrogens with two attached hydrogens (primary N) is 1. The highest BCUT2D eigenvalue weighted by atomic mass is 16.6. The number of rotatable bonds is 5. The summed E-state index contributed by atoms with van der Waals surface area (Å²) in [5, 5.41) is 19.7. The van der Waals surface area contributed by atoms with Crippen molar-refractivity contribution in [1.29, 1.82) is 0 Å². The third kappa shape index (κ3) is 2.47. The molecule has 0 fully saturated rings. The van der Waals surface area contributed by atoms with Crippen LogP contribution in [0.3, 0.4) is 0 Å². The van der Waals surface area contributed by atoms with Crippen molar-refractivity contribution in [2.45, 2.75) is 13.3 Å². The van der Waals surface area contributed by atoms with Crippen molar-refractivity contribution in [3.05, 3.63) is 12.1 Å². The molecular formula is C11H16N4O2. The van der Waals surface area contributed by atoms with Gasteiger partial charge in [-0.05, 0) is 34.8 Å². The minimum atomic E-state index is 0.200.